The first-order valence-corrected chi connectivity index (χ1v) is 9.60. The number of halogens is 1. The van der Waals surface area contributed by atoms with E-state index < -0.39 is 0 Å². The normalized spacial score (nSPS) is 25.8. The maximum Gasteiger partial charge on any atom is 0.00397 e. The SMILES string of the molecule is C=C(CC)C1CCC(CCBr)(c2ccc(CC)cc2)CC1. The van der Waals surface area contributed by atoms with E-state index in [9.17, 15) is 0 Å². The molecule has 116 valence electrons. The third-order valence-corrected chi connectivity index (χ3v) is 5.92. The number of rotatable bonds is 6. The van der Waals surface area contributed by atoms with Crippen molar-refractivity contribution in [2.24, 2.45) is 5.92 Å². The molecule has 0 aliphatic heterocycles. The summed E-state index contributed by atoms with van der Waals surface area (Å²) in [6, 6.07) is 9.41. The lowest BCUT2D eigenvalue weighted by Crippen LogP contribution is -2.32. The summed E-state index contributed by atoms with van der Waals surface area (Å²) < 4.78 is 0. The highest BCUT2D eigenvalue weighted by Crippen LogP contribution is 2.46. The van der Waals surface area contributed by atoms with Crippen molar-refractivity contribution in [1.29, 1.82) is 0 Å². The van der Waals surface area contributed by atoms with Gasteiger partial charge < -0.3 is 0 Å². The molecular weight excluding hydrogens is 320 g/mol. The van der Waals surface area contributed by atoms with Crippen molar-refractivity contribution < 1.29 is 0 Å². The predicted octanol–water partition coefficient (Wildman–Crippen LogP) is 6.43. The van der Waals surface area contributed by atoms with Crippen LogP contribution in [0.5, 0.6) is 0 Å². The first-order chi connectivity index (χ1) is 10.1. The van der Waals surface area contributed by atoms with Crippen molar-refractivity contribution in [3.63, 3.8) is 0 Å². The van der Waals surface area contributed by atoms with Crippen molar-refractivity contribution in [1.82, 2.24) is 0 Å². The van der Waals surface area contributed by atoms with Crippen molar-refractivity contribution in [3.8, 4) is 0 Å². The summed E-state index contributed by atoms with van der Waals surface area (Å²) in [7, 11) is 0. The van der Waals surface area contributed by atoms with Gasteiger partial charge in [0.2, 0.25) is 0 Å². The van der Waals surface area contributed by atoms with Crippen LogP contribution in [0.15, 0.2) is 36.4 Å². The maximum atomic E-state index is 4.28. The standard InChI is InChI=1S/C20H29Br/c1-4-16(3)18-10-12-20(13-11-18,14-15-21)19-8-6-17(5-2)7-9-19/h6-9,18H,3-5,10-15H2,1-2H3. The Bertz CT molecular complexity index is 449. The van der Waals surface area contributed by atoms with Crippen LogP contribution in [0.25, 0.3) is 0 Å². The van der Waals surface area contributed by atoms with Gasteiger partial charge in [0.05, 0.1) is 0 Å². The number of allylic oxidation sites excluding steroid dienone is 1. The van der Waals surface area contributed by atoms with Gasteiger partial charge in [-0.2, -0.15) is 0 Å². The van der Waals surface area contributed by atoms with Crippen LogP contribution in [0.4, 0.5) is 0 Å². The van der Waals surface area contributed by atoms with Crippen LogP contribution in [0.2, 0.25) is 0 Å². The summed E-state index contributed by atoms with van der Waals surface area (Å²) in [6.45, 7) is 8.75. The molecule has 1 fully saturated rings. The Kier molecular flexibility index (Phi) is 6.10. The molecule has 1 saturated carbocycles. The van der Waals surface area contributed by atoms with Gasteiger partial charge in [0.15, 0.2) is 0 Å². The topological polar surface area (TPSA) is 0 Å². The molecule has 0 radical (unpaired) electrons. The van der Waals surface area contributed by atoms with Crippen molar-refractivity contribution in [2.75, 3.05) is 5.33 Å². The zero-order chi connectivity index (χ0) is 15.3. The molecule has 0 N–H and O–H groups in total. The largest absolute Gasteiger partial charge is 0.0996 e. The Morgan fingerprint density at radius 2 is 1.81 bits per heavy atom. The zero-order valence-corrected chi connectivity index (χ0v) is 15.2. The Hall–Kier alpha value is -0.560. The highest BCUT2D eigenvalue weighted by atomic mass is 79.9. The van der Waals surface area contributed by atoms with Crippen LogP contribution in [-0.4, -0.2) is 5.33 Å². The van der Waals surface area contributed by atoms with E-state index in [0.717, 1.165) is 24.1 Å². The lowest BCUT2D eigenvalue weighted by atomic mass is 9.64. The van der Waals surface area contributed by atoms with Gasteiger partial charge in [-0.15, -0.1) is 0 Å². The van der Waals surface area contributed by atoms with E-state index in [1.54, 1.807) is 5.56 Å². The summed E-state index contributed by atoms with van der Waals surface area (Å²) in [5.41, 5.74) is 4.85. The average Bonchev–Trinajstić information content (AvgIpc) is 2.55. The smallest absolute Gasteiger partial charge is 0.00397 e. The van der Waals surface area contributed by atoms with E-state index >= 15 is 0 Å². The van der Waals surface area contributed by atoms with Gasteiger partial charge in [-0.25, -0.2) is 0 Å². The first-order valence-electron chi connectivity index (χ1n) is 8.48. The number of aryl methyl sites for hydroxylation is 1. The van der Waals surface area contributed by atoms with E-state index in [-0.39, 0.29) is 0 Å². The minimum absolute atomic E-state index is 0.389. The Balaban J connectivity index is 2.16. The number of benzene rings is 1. The summed E-state index contributed by atoms with van der Waals surface area (Å²) in [5.74, 6) is 0.758. The molecule has 0 nitrogen and oxygen atoms in total. The lowest BCUT2D eigenvalue weighted by molar-refractivity contribution is 0.243. The van der Waals surface area contributed by atoms with Crippen molar-refractivity contribution in [2.45, 2.75) is 64.2 Å². The van der Waals surface area contributed by atoms with Crippen LogP contribution in [0, 0.1) is 5.92 Å². The minimum Gasteiger partial charge on any atom is -0.0996 e. The summed E-state index contributed by atoms with van der Waals surface area (Å²) in [5, 5.41) is 1.10. The minimum atomic E-state index is 0.389. The summed E-state index contributed by atoms with van der Waals surface area (Å²) in [4.78, 5) is 0. The molecular formula is C20H29Br. The molecule has 0 atom stereocenters. The van der Waals surface area contributed by atoms with Crippen LogP contribution in [-0.2, 0) is 11.8 Å². The maximum absolute atomic E-state index is 4.28. The highest BCUT2D eigenvalue weighted by molar-refractivity contribution is 9.09. The number of hydrogen-bond acceptors (Lipinski definition) is 0. The third-order valence-electron chi connectivity index (χ3n) is 5.52. The molecule has 1 heteroatoms. The van der Waals surface area contributed by atoms with Crippen molar-refractivity contribution in [3.05, 3.63) is 47.5 Å². The molecule has 21 heavy (non-hydrogen) atoms. The van der Waals surface area contributed by atoms with Gasteiger partial charge in [0.25, 0.3) is 0 Å². The molecule has 0 saturated heterocycles. The zero-order valence-electron chi connectivity index (χ0n) is 13.6. The molecule has 0 heterocycles. The van der Waals surface area contributed by atoms with E-state index in [1.165, 1.54) is 43.2 Å². The van der Waals surface area contributed by atoms with E-state index in [4.69, 9.17) is 0 Å². The molecule has 0 aromatic heterocycles. The quantitative estimate of drug-likeness (QED) is 0.410. The van der Waals surface area contributed by atoms with Crippen LogP contribution in [0.3, 0.4) is 0 Å². The van der Waals surface area contributed by atoms with Gasteiger partial charge in [-0.05, 0) is 67.4 Å². The van der Waals surface area contributed by atoms with Gasteiger partial charge >= 0.3 is 0 Å². The van der Waals surface area contributed by atoms with Gasteiger partial charge in [-0.3, -0.25) is 0 Å². The van der Waals surface area contributed by atoms with Crippen LogP contribution < -0.4 is 0 Å². The summed E-state index contributed by atoms with van der Waals surface area (Å²) >= 11 is 3.69. The highest BCUT2D eigenvalue weighted by Gasteiger charge is 2.36. The van der Waals surface area contributed by atoms with Crippen LogP contribution >= 0.6 is 15.9 Å². The fourth-order valence-corrected chi connectivity index (χ4v) is 4.58. The molecule has 0 amide bonds. The lowest BCUT2D eigenvalue weighted by Gasteiger charge is -2.41. The van der Waals surface area contributed by atoms with Crippen LogP contribution in [0.1, 0.15) is 63.5 Å². The third kappa shape index (κ3) is 3.80. The van der Waals surface area contributed by atoms with Crippen molar-refractivity contribution >= 4 is 15.9 Å². The molecule has 0 unspecified atom stereocenters. The second-order valence-corrected chi connectivity index (χ2v) is 7.35. The van der Waals surface area contributed by atoms with Gasteiger partial charge in [-0.1, -0.05) is 66.2 Å². The fraction of sp³-hybridized carbons (Fsp3) is 0.600. The predicted molar refractivity (Wildman–Crippen MR) is 97.3 cm³/mol. The second-order valence-electron chi connectivity index (χ2n) is 6.56. The molecule has 0 bridgehead atoms. The monoisotopic (exact) mass is 348 g/mol. The van der Waals surface area contributed by atoms with E-state index in [1.807, 2.05) is 0 Å². The molecule has 0 spiro atoms. The van der Waals surface area contributed by atoms with Gasteiger partial charge in [0, 0.05) is 5.33 Å². The fourth-order valence-electron chi connectivity index (χ4n) is 3.83. The number of alkyl halides is 1. The Morgan fingerprint density at radius 3 is 2.29 bits per heavy atom. The van der Waals surface area contributed by atoms with Gasteiger partial charge in [0.1, 0.15) is 0 Å². The van der Waals surface area contributed by atoms with E-state index in [2.05, 4.69) is 60.6 Å². The van der Waals surface area contributed by atoms with E-state index in [0.29, 0.717) is 5.41 Å². The first kappa shape index (κ1) is 16.8. The molecule has 1 aliphatic rings. The Morgan fingerprint density at radius 1 is 1.19 bits per heavy atom. The Labute approximate surface area is 139 Å². The average molecular weight is 349 g/mol. The molecule has 1 aromatic carbocycles. The molecule has 2 rings (SSSR count). The molecule has 1 aromatic rings. The summed E-state index contributed by atoms with van der Waals surface area (Å²) in [6.07, 6.45) is 8.78. The molecule has 1 aliphatic carbocycles. The number of hydrogen-bond donors (Lipinski definition) is 0. The second kappa shape index (κ2) is 7.63.